The predicted molar refractivity (Wildman–Crippen MR) is 120 cm³/mol. The quantitative estimate of drug-likeness (QED) is 0.505. The van der Waals surface area contributed by atoms with Crippen molar-refractivity contribution in [1.29, 1.82) is 0 Å². The highest BCUT2D eigenvalue weighted by Gasteiger charge is 2.18. The summed E-state index contributed by atoms with van der Waals surface area (Å²) in [6.45, 7) is 0. The van der Waals surface area contributed by atoms with Crippen LogP contribution in [0.25, 0.3) is 5.82 Å². The molecule has 2 heterocycles. The van der Waals surface area contributed by atoms with Gasteiger partial charge in [0.15, 0.2) is 5.82 Å². The molecule has 0 bridgehead atoms. The first-order valence-electron chi connectivity index (χ1n) is 8.88. The minimum absolute atomic E-state index is 0.0239. The maximum absolute atomic E-state index is 12.6. The number of pyridine rings is 1. The number of aromatic nitrogens is 3. The Balaban J connectivity index is 1.78. The third-order valence-electron chi connectivity index (χ3n) is 4.04. The van der Waals surface area contributed by atoms with Crippen molar-refractivity contribution in [2.45, 2.75) is 4.90 Å². The molecule has 14 heteroatoms. The first-order chi connectivity index (χ1) is 14.8. The van der Waals surface area contributed by atoms with E-state index >= 15 is 0 Å². The second-order valence-corrected chi connectivity index (χ2v) is 11.2. The summed E-state index contributed by atoms with van der Waals surface area (Å²) >= 11 is 6.00. The van der Waals surface area contributed by atoms with Crippen molar-refractivity contribution in [1.82, 2.24) is 19.1 Å². The van der Waals surface area contributed by atoms with Crippen molar-refractivity contribution >= 4 is 48.9 Å². The number of benzene rings is 1. The van der Waals surface area contributed by atoms with E-state index < -0.39 is 26.0 Å². The van der Waals surface area contributed by atoms with Crippen LogP contribution in [-0.2, 0) is 20.0 Å². The Hall–Kier alpha value is -3.00. The lowest BCUT2D eigenvalue weighted by Crippen LogP contribution is -2.22. The molecule has 1 amide bonds. The fraction of sp³-hybridized carbons (Fsp3) is 0.167. The lowest BCUT2D eigenvalue weighted by atomic mass is 10.2. The maximum atomic E-state index is 12.6. The van der Waals surface area contributed by atoms with Crippen LogP contribution in [0.4, 0.5) is 11.4 Å². The van der Waals surface area contributed by atoms with E-state index in [4.69, 9.17) is 11.6 Å². The topological polar surface area (TPSA) is 143 Å². The van der Waals surface area contributed by atoms with E-state index in [0.717, 1.165) is 10.6 Å². The smallest absolute Gasteiger partial charge is 0.258 e. The van der Waals surface area contributed by atoms with Crippen LogP contribution < -0.4 is 10.0 Å². The van der Waals surface area contributed by atoms with Gasteiger partial charge in [0.05, 0.1) is 23.7 Å². The number of sulfonamides is 2. The third-order valence-corrected chi connectivity index (χ3v) is 6.66. The molecule has 32 heavy (non-hydrogen) atoms. The van der Waals surface area contributed by atoms with Crippen LogP contribution in [0.2, 0.25) is 5.02 Å². The first kappa shape index (κ1) is 23.7. The number of hydrogen-bond donors (Lipinski definition) is 2. The molecule has 0 radical (unpaired) electrons. The molecule has 3 rings (SSSR count). The molecule has 1 aromatic carbocycles. The standard InChI is InChI=1S/C18H19ClN6O5S2/c1-24(2)32(29,30)16-4-5-17(20-10-16)25-11-12(9-21-25)18(26)22-14-6-13(19)7-15(8-14)23-31(3,27)28/h4-11,23H,1-3H3,(H,22,26). The van der Waals surface area contributed by atoms with Crippen molar-refractivity contribution in [2.75, 3.05) is 30.4 Å². The highest BCUT2D eigenvalue weighted by Crippen LogP contribution is 2.24. The average Bonchev–Trinajstić information content (AvgIpc) is 3.16. The fourth-order valence-electron chi connectivity index (χ4n) is 2.57. The Kier molecular flexibility index (Phi) is 6.55. The number of amides is 1. The van der Waals surface area contributed by atoms with Gasteiger partial charge < -0.3 is 5.32 Å². The molecule has 11 nitrogen and oxygen atoms in total. The third kappa shape index (κ3) is 5.62. The van der Waals surface area contributed by atoms with Gasteiger partial charge in [-0.05, 0) is 30.3 Å². The Labute approximate surface area is 190 Å². The van der Waals surface area contributed by atoms with Crippen LogP contribution in [0, 0.1) is 0 Å². The monoisotopic (exact) mass is 498 g/mol. The molecule has 3 aromatic rings. The van der Waals surface area contributed by atoms with Crippen LogP contribution in [0.1, 0.15) is 10.4 Å². The van der Waals surface area contributed by atoms with Gasteiger partial charge in [0, 0.05) is 37.2 Å². The largest absolute Gasteiger partial charge is 0.322 e. The maximum Gasteiger partial charge on any atom is 0.258 e. The minimum Gasteiger partial charge on any atom is -0.322 e. The summed E-state index contributed by atoms with van der Waals surface area (Å²) < 4.78 is 51.8. The molecule has 0 atom stereocenters. The van der Waals surface area contributed by atoms with E-state index in [2.05, 4.69) is 20.1 Å². The number of carbonyl (C=O) groups excluding carboxylic acids is 1. The summed E-state index contributed by atoms with van der Waals surface area (Å²) in [5.41, 5.74) is 0.662. The van der Waals surface area contributed by atoms with Gasteiger partial charge in [-0.15, -0.1) is 0 Å². The lowest BCUT2D eigenvalue weighted by molar-refractivity contribution is 0.102. The van der Waals surface area contributed by atoms with E-state index in [1.54, 1.807) is 0 Å². The number of rotatable bonds is 7. The van der Waals surface area contributed by atoms with Crippen LogP contribution in [-0.4, -0.2) is 62.2 Å². The molecule has 0 unspecified atom stereocenters. The Morgan fingerprint density at radius 1 is 1.06 bits per heavy atom. The molecular formula is C18H19ClN6O5S2. The van der Waals surface area contributed by atoms with Crippen molar-refractivity contribution in [3.05, 3.63) is 59.5 Å². The molecule has 170 valence electrons. The van der Waals surface area contributed by atoms with E-state index in [1.807, 2.05) is 0 Å². The SMILES string of the molecule is CN(C)S(=O)(=O)c1ccc(-n2cc(C(=O)Nc3cc(Cl)cc(NS(C)(=O)=O)c3)cn2)nc1. The van der Waals surface area contributed by atoms with Gasteiger partial charge in [-0.2, -0.15) is 5.10 Å². The van der Waals surface area contributed by atoms with Crippen molar-refractivity contribution < 1.29 is 21.6 Å². The minimum atomic E-state index is -3.61. The number of nitrogens with zero attached hydrogens (tertiary/aromatic N) is 4. The Bertz CT molecular complexity index is 1370. The summed E-state index contributed by atoms with van der Waals surface area (Å²) in [5, 5.41) is 6.91. The van der Waals surface area contributed by atoms with E-state index in [1.165, 1.54) is 67.7 Å². The summed E-state index contributed by atoms with van der Waals surface area (Å²) in [5.74, 6) is -0.209. The van der Waals surface area contributed by atoms with Gasteiger partial charge in [-0.1, -0.05) is 11.6 Å². The van der Waals surface area contributed by atoms with Crippen LogP contribution >= 0.6 is 11.6 Å². The van der Waals surface area contributed by atoms with Gasteiger partial charge in [-0.3, -0.25) is 9.52 Å². The molecule has 0 saturated heterocycles. The van der Waals surface area contributed by atoms with Crippen molar-refractivity contribution in [2.24, 2.45) is 0 Å². The van der Waals surface area contributed by atoms with Crippen LogP contribution in [0.3, 0.4) is 0 Å². The van der Waals surface area contributed by atoms with E-state index in [0.29, 0.717) is 5.82 Å². The average molecular weight is 499 g/mol. The summed E-state index contributed by atoms with van der Waals surface area (Å²) in [6.07, 6.45) is 4.92. The molecule has 0 fully saturated rings. The van der Waals surface area contributed by atoms with Gasteiger partial charge in [0.1, 0.15) is 4.90 Å². The van der Waals surface area contributed by atoms with Crippen LogP contribution in [0.15, 0.2) is 53.8 Å². The van der Waals surface area contributed by atoms with Gasteiger partial charge >= 0.3 is 0 Å². The number of hydrogen-bond acceptors (Lipinski definition) is 7. The molecule has 2 aromatic heterocycles. The second kappa shape index (κ2) is 8.86. The zero-order valence-corrected chi connectivity index (χ0v) is 19.5. The predicted octanol–water partition coefficient (Wildman–Crippen LogP) is 1.79. The molecule has 0 aliphatic heterocycles. The second-order valence-electron chi connectivity index (χ2n) is 6.87. The van der Waals surface area contributed by atoms with Gasteiger partial charge in [0.2, 0.25) is 20.0 Å². The fourth-order valence-corrected chi connectivity index (χ4v) is 4.20. The summed E-state index contributed by atoms with van der Waals surface area (Å²) in [6, 6.07) is 7.14. The molecule has 0 aliphatic rings. The highest BCUT2D eigenvalue weighted by atomic mass is 35.5. The van der Waals surface area contributed by atoms with Gasteiger partial charge in [-0.25, -0.2) is 30.8 Å². The lowest BCUT2D eigenvalue weighted by Gasteiger charge is -2.11. The summed E-state index contributed by atoms with van der Waals surface area (Å²) in [4.78, 5) is 16.7. The zero-order chi connectivity index (χ0) is 23.7. The van der Waals surface area contributed by atoms with Crippen LogP contribution in [0.5, 0.6) is 0 Å². The van der Waals surface area contributed by atoms with Gasteiger partial charge in [0.25, 0.3) is 5.91 Å². The Morgan fingerprint density at radius 3 is 2.34 bits per heavy atom. The molecule has 0 spiro atoms. The highest BCUT2D eigenvalue weighted by molar-refractivity contribution is 7.92. The van der Waals surface area contributed by atoms with E-state index in [-0.39, 0.29) is 26.9 Å². The number of nitrogens with one attached hydrogen (secondary N) is 2. The summed E-state index contributed by atoms with van der Waals surface area (Å²) in [7, 11) is -4.29. The molecular weight excluding hydrogens is 480 g/mol. The molecule has 0 aliphatic carbocycles. The normalized spacial score (nSPS) is 12.0. The zero-order valence-electron chi connectivity index (χ0n) is 17.1. The van der Waals surface area contributed by atoms with Crippen molar-refractivity contribution in [3.63, 3.8) is 0 Å². The first-order valence-corrected chi connectivity index (χ1v) is 12.6. The molecule has 0 saturated carbocycles. The number of carbonyl (C=O) groups is 1. The van der Waals surface area contributed by atoms with Crippen molar-refractivity contribution in [3.8, 4) is 5.82 Å². The van der Waals surface area contributed by atoms with E-state index in [9.17, 15) is 21.6 Å². The number of halogens is 1. The molecule has 2 N–H and O–H groups in total. The Morgan fingerprint density at radius 2 is 1.75 bits per heavy atom. The number of anilines is 2.